The summed E-state index contributed by atoms with van der Waals surface area (Å²) in [7, 11) is 0. The van der Waals surface area contributed by atoms with E-state index in [1.165, 1.54) is 0 Å². The number of carbonyl (C=O) groups excluding carboxylic acids is 1. The minimum atomic E-state index is -0.287. The molecular formula is C9H16N4O. The van der Waals surface area contributed by atoms with Crippen molar-refractivity contribution in [2.45, 2.75) is 33.7 Å². The van der Waals surface area contributed by atoms with E-state index in [-0.39, 0.29) is 17.9 Å². The molecule has 1 aliphatic heterocycles. The Balaban J connectivity index is 2.62. The Morgan fingerprint density at radius 3 is 2.64 bits per heavy atom. The molecule has 1 rings (SSSR count). The first-order chi connectivity index (χ1) is 6.50. The van der Waals surface area contributed by atoms with Crippen LogP contribution in [0.4, 0.5) is 0 Å². The summed E-state index contributed by atoms with van der Waals surface area (Å²) in [5.41, 5.74) is 3.59. The predicted octanol–water partition coefficient (Wildman–Crippen LogP) is 0.482. The quantitative estimate of drug-likeness (QED) is 0.498. The van der Waals surface area contributed by atoms with Gasteiger partial charge in [-0.2, -0.15) is 5.10 Å². The standard InChI is InChI=1S/C9H16N4O/c1-5(2)7-8(14)11-9(10-7)13-12-6(3)4/h5,7H,1-4H3,(H2,10,11,13,14). The van der Waals surface area contributed by atoms with Crippen molar-refractivity contribution in [3.8, 4) is 0 Å². The molecule has 1 heterocycles. The van der Waals surface area contributed by atoms with Crippen LogP contribution in [0, 0.1) is 5.92 Å². The highest BCUT2D eigenvalue weighted by molar-refractivity contribution is 6.05. The Hall–Kier alpha value is -1.39. The molecule has 0 bridgehead atoms. The smallest absolute Gasteiger partial charge is 0.251 e. The van der Waals surface area contributed by atoms with Gasteiger partial charge in [-0.25, -0.2) is 10.4 Å². The molecule has 1 atom stereocenters. The number of carbonyl (C=O) groups is 1. The molecule has 1 unspecified atom stereocenters. The van der Waals surface area contributed by atoms with E-state index < -0.39 is 0 Å². The highest BCUT2D eigenvalue weighted by Gasteiger charge is 2.28. The number of aliphatic imine (C=N–C) groups is 1. The van der Waals surface area contributed by atoms with Crippen molar-refractivity contribution in [2.24, 2.45) is 16.0 Å². The molecule has 0 spiro atoms. The molecule has 0 aromatic rings. The van der Waals surface area contributed by atoms with Gasteiger partial charge in [-0.05, 0) is 19.8 Å². The predicted molar refractivity (Wildman–Crippen MR) is 56.1 cm³/mol. The Morgan fingerprint density at radius 2 is 2.21 bits per heavy atom. The van der Waals surface area contributed by atoms with Gasteiger partial charge in [0.25, 0.3) is 5.91 Å². The molecule has 5 heteroatoms. The molecule has 0 aromatic carbocycles. The van der Waals surface area contributed by atoms with Gasteiger partial charge in [0.15, 0.2) is 0 Å². The maximum atomic E-state index is 11.4. The molecule has 0 radical (unpaired) electrons. The largest absolute Gasteiger partial charge is 0.293 e. The third kappa shape index (κ3) is 2.55. The summed E-state index contributed by atoms with van der Waals surface area (Å²) >= 11 is 0. The number of guanidine groups is 1. The second kappa shape index (κ2) is 4.21. The lowest BCUT2D eigenvalue weighted by Gasteiger charge is -2.06. The van der Waals surface area contributed by atoms with E-state index in [4.69, 9.17) is 0 Å². The van der Waals surface area contributed by atoms with Crippen molar-refractivity contribution < 1.29 is 4.79 Å². The van der Waals surface area contributed by atoms with Crippen LogP contribution >= 0.6 is 0 Å². The summed E-state index contributed by atoms with van der Waals surface area (Å²) in [6, 6.07) is -0.287. The summed E-state index contributed by atoms with van der Waals surface area (Å²) in [4.78, 5) is 15.5. The monoisotopic (exact) mass is 196 g/mol. The van der Waals surface area contributed by atoms with E-state index in [1.807, 2.05) is 27.7 Å². The third-order valence-corrected chi connectivity index (χ3v) is 1.80. The lowest BCUT2D eigenvalue weighted by molar-refractivity contribution is -0.120. The van der Waals surface area contributed by atoms with E-state index in [0.717, 1.165) is 5.71 Å². The minimum Gasteiger partial charge on any atom is -0.293 e. The molecule has 0 saturated carbocycles. The Bertz CT molecular complexity index is 289. The van der Waals surface area contributed by atoms with Gasteiger partial charge in [-0.15, -0.1) is 0 Å². The summed E-state index contributed by atoms with van der Waals surface area (Å²) in [5.74, 6) is 0.586. The van der Waals surface area contributed by atoms with Crippen molar-refractivity contribution >= 4 is 17.6 Å². The average molecular weight is 196 g/mol. The molecule has 1 aliphatic rings. The molecule has 5 nitrogen and oxygen atoms in total. The number of hydrogen-bond acceptors (Lipinski definition) is 4. The summed E-state index contributed by atoms with van der Waals surface area (Å²) in [6.07, 6.45) is 0. The Kier molecular flexibility index (Phi) is 3.22. The first-order valence-corrected chi connectivity index (χ1v) is 4.66. The average Bonchev–Trinajstić information content (AvgIpc) is 2.43. The normalized spacial score (nSPS) is 20.5. The lowest BCUT2D eigenvalue weighted by atomic mass is 10.1. The number of rotatable bonds is 2. The highest BCUT2D eigenvalue weighted by atomic mass is 16.2. The first kappa shape index (κ1) is 10.7. The van der Waals surface area contributed by atoms with Crippen molar-refractivity contribution in [2.75, 3.05) is 0 Å². The second-order valence-electron chi connectivity index (χ2n) is 3.83. The molecular weight excluding hydrogens is 180 g/mol. The third-order valence-electron chi connectivity index (χ3n) is 1.80. The van der Waals surface area contributed by atoms with Gasteiger partial charge in [-0.3, -0.25) is 10.1 Å². The summed E-state index contributed by atoms with van der Waals surface area (Å²) < 4.78 is 0. The number of hydrogen-bond donors (Lipinski definition) is 2. The Labute approximate surface area is 83.7 Å². The fourth-order valence-electron chi connectivity index (χ4n) is 1.09. The SMILES string of the molecule is CC(C)=NNC1=NC(C(C)C)C(=O)N1. The highest BCUT2D eigenvalue weighted by Crippen LogP contribution is 2.10. The summed E-state index contributed by atoms with van der Waals surface area (Å²) in [6.45, 7) is 7.66. The van der Waals surface area contributed by atoms with E-state index in [1.54, 1.807) is 0 Å². The van der Waals surface area contributed by atoms with Gasteiger partial charge < -0.3 is 0 Å². The van der Waals surface area contributed by atoms with E-state index in [0.29, 0.717) is 5.96 Å². The van der Waals surface area contributed by atoms with Crippen LogP contribution < -0.4 is 10.7 Å². The molecule has 2 N–H and O–H groups in total. The first-order valence-electron chi connectivity index (χ1n) is 4.66. The molecule has 0 aromatic heterocycles. The van der Waals surface area contributed by atoms with Gasteiger partial charge in [0.1, 0.15) is 6.04 Å². The van der Waals surface area contributed by atoms with Crippen LogP contribution in [0.5, 0.6) is 0 Å². The molecule has 14 heavy (non-hydrogen) atoms. The molecule has 0 aliphatic carbocycles. The van der Waals surface area contributed by atoms with Gasteiger partial charge in [0.2, 0.25) is 5.96 Å². The van der Waals surface area contributed by atoms with Crippen molar-refractivity contribution in [1.29, 1.82) is 0 Å². The second-order valence-corrected chi connectivity index (χ2v) is 3.83. The molecule has 1 amide bonds. The zero-order valence-corrected chi connectivity index (χ0v) is 8.96. The van der Waals surface area contributed by atoms with Gasteiger partial charge >= 0.3 is 0 Å². The maximum Gasteiger partial charge on any atom is 0.251 e. The minimum absolute atomic E-state index is 0.0635. The van der Waals surface area contributed by atoms with Crippen LogP contribution in [0.3, 0.4) is 0 Å². The van der Waals surface area contributed by atoms with E-state index in [2.05, 4.69) is 20.8 Å². The van der Waals surface area contributed by atoms with Crippen LogP contribution in [0.1, 0.15) is 27.7 Å². The van der Waals surface area contributed by atoms with Crippen LogP contribution in [0.25, 0.3) is 0 Å². The number of hydrazone groups is 1. The number of nitrogens with one attached hydrogen (secondary N) is 2. The van der Waals surface area contributed by atoms with Crippen LogP contribution in [0.15, 0.2) is 10.1 Å². The van der Waals surface area contributed by atoms with Gasteiger partial charge in [-0.1, -0.05) is 13.8 Å². The van der Waals surface area contributed by atoms with E-state index in [9.17, 15) is 4.79 Å². The summed E-state index contributed by atoms with van der Waals surface area (Å²) in [5, 5.41) is 6.59. The van der Waals surface area contributed by atoms with Crippen molar-refractivity contribution in [3.05, 3.63) is 0 Å². The molecule has 78 valence electrons. The van der Waals surface area contributed by atoms with Gasteiger partial charge in [0.05, 0.1) is 0 Å². The zero-order chi connectivity index (χ0) is 10.7. The van der Waals surface area contributed by atoms with Crippen LogP contribution in [0.2, 0.25) is 0 Å². The Morgan fingerprint density at radius 1 is 1.57 bits per heavy atom. The fourth-order valence-corrected chi connectivity index (χ4v) is 1.09. The maximum absolute atomic E-state index is 11.4. The lowest BCUT2D eigenvalue weighted by Crippen LogP contribution is -2.36. The van der Waals surface area contributed by atoms with Crippen LogP contribution in [-0.2, 0) is 4.79 Å². The number of nitrogens with zero attached hydrogens (tertiary/aromatic N) is 2. The van der Waals surface area contributed by atoms with Gasteiger partial charge in [0, 0.05) is 5.71 Å². The number of amides is 1. The van der Waals surface area contributed by atoms with E-state index >= 15 is 0 Å². The van der Waals surface area contributed by atoms with Crippen molar-refractivity contribution in [3.63, 3.8) is 0 Å². The molecule has 0 saturated heterocycles. The fraction of sp³-hybridized carbons (Fsp3) is 0.667. The van der Waals surface area contributed by atoms with Crippen LogP contribution in [-0.4, -0.2) is 23.6 Å². The molecule has 0 fully saturated rings. The van der Waals surface area contributed by atoms with Crippen molar-refractivity contribution in [1.82, 2.24) is 10.7 Å². The zero-order valence-electron chi connectivity index (χ0n) is 8.96. The topological polar surface area (TPSA) is 65.8 Å².